The maximum atomic E-state index is 6.37. The monoisotopic (exact) mass is 550 g/mol. The fourth-order valence-electron chi connectivity index (χ4n) is 3.63. The number of unbranched alkanes of at least 4 members (excludes halogenated alkanes) is 2. The number of hydrogen-bond acceptors (Lipinski definition) is 3. The second-order valence-corrected chi connectivity index (χ2v) is 8.95. The molecule has 0 radical (unpaired) electrons. The zero-order chi connectivity index (χ0) is 16.3. The van der Waals surface area contributed by atoms with Gasteiger partial charge in [-0.2, -0.15) is 0 Å². The van der Waals surface area contributed by atoms with E-state index in [9.17, 15) is 0 Å². The number of alkyl halides is 2. The molecular formula is C18H32I2O3. The van der Waals surface area contributed by atoms with Crippen molar-refractivity contribution in [3.63, 3.8) is 0 Å². The van der Waals surface area contributed by atoms with E-state index in [1.807, 2.05) is 0 Å². The maximum Gasteiger partial charge on any atom is 0.163 e. The van der Waals surface area contributed by atoms with Crippen LogP contribution in [-0.4, -0.2) is 34.6 Å². The molecule has 5 heteroatoms. The third-order valence-corrected chi connectivity index (χ3v) is 6.48. The van der Waals surface area contributed by atoms with Crippen LogP contribution in [0.5, 0.6) is 0 Å². The van der Waals surface area contributed by atoms with Crippen LogP contribution >= 0.6 is 45.2 Å². The van der Waals surface area contributed by atoms with E-state index in [2.05, 4.69) is 45.2 Å². The summed E-state index contributed by atoms with van der Waals surface area (Å²) in [7, 11) is 0. The molecule has 136 valence electrons. The molecule has 0 spiro atoms. The summed E-state index contributed by atoms with van der Waals surface area (Å²) in [6, 6.07) is 0. The number of halogens is 2. The maximum absolute atomic E-state index is 6.37. The number of rotatable bonds is 10. The largest absolute Gasteiger partial charge is 0.352 e. The van der Waals surface area contributed by atoms with Crippen LogP contribution < -0.4 is 0 Å². The Kier molecular flexibility index (Phi) is 11.4. The molecule has 2 heterocycles. The highest BCUT2D eigenvalue weighted by Gasteiger charge is 2.33. The van der Waals surface area contributed by atoms with Crippen molar-refractivity contribution in [3.05, 3.63) is 0 Å². The summed E-state index contributed by atoms with van der Waals surface area (Å²) in [6.07, 6.45) is 12.5. The smallest absolute Gasteiger partial charge is 0.163 e. The van der Waals surface area contributed by atoms with E-state index in [4.69, 9.17) is 14.2 Å². The summed E-state index contributed by atoms with van der Waals surface area (Å²) in [4.78, 5) is 0. The molecule has 2 rings (SSSR count). The second-order valence-electron chi connectivity index (χ2n) is 6.79. The minimum absolute atomic E-state index is 0.0341. The summed E-state index contributed by atoms with van der Waals surface area (Å²) in [6.45, 7) is 1.69. The van der Waals surface area contributed by atoms with E-state index in [1.165, 1.54) is 73.1 Å². The van der Waals surface area contributed by atoms with Crippen LogP contribution in [0.2, 0.25) is 0 Å². The Morgan fingerprint density at radius 1 is 0.739 bits per heavy atom. The highest BCUT2D eigenvalue weighted by Crippen LogP contribution is 2.33. The average molecular weight is 550 g/mol. The molecule has 2 saturated heterocycles. The molecule has 2 aliphatic heterocycles. The first-order chi connectivity index (χ1) is 11.3. The normalized spacial score (nSPS) is 32.1. The standard InChI is InChI=1S/C18H32I2O3/c19-11-3-1-7-15-9-5-13-21-17(15)23-18-16(8-2-4-12-20)10-6-14-22-18/h15-18H,1-14H2. The molecule has 2 fully saturated rings. The van der Waals surface area contributed by atoms with Gasteiger partial charge in [0.2, 0.25) is 0 Å². The fraction of sp³-hybridized carbons (Fsp3) is 1.00. The van der Waals surface area contributed by atoms with Gasteiger partial charge in [0.15, 0.2) is 12.6 Å². The van der Waals surface area contributed by atoms with Crippen molar-refractivity contribution in [1.82, 2.24) is 0 Å². The van der Waals surface area contributed by atoms with Crippen molar-refractivity contribution in [1.29, 1.82) is 0 Å². The van der Waals surface area contributed by atoms with E-state index in [-0.39, 0.29) is 12.6 Å². The topological polar surface area (TPSA) is 27.7 Å². The van der Waals surface area contributed by atoms with E-state index >= 15 is 0 Å². The van der Waals surface area contributed by atoms with Crippen LogP contribution in [0.1, 0.15) is 64.2 Å². The van der Waals surface area contributed by atoms with Crippen molar-refractivity contribution in [2.75, 3.05) is 22.1 Å². The van der Waals surface area contributed by atoms with Crippen molar-refractivity contribution in [3.8, 4) is 0 Å². The summed E-state index contributed by atoms with van der Waals surface area (Å²) < 4.78 is 20.9. The van der Waals surface area contributed by atoms with Crippen molar-refractivity contribution >= 4 is 45.2 Å². The number of ether oxygens (including phenoxy) is 3. The predicted molar refractivity (Wildman–Crippen MR) is 111 cm³/mol. The zero-order valence-corrected chi connectivity index (χ0v) is 18.5. The Hall–Kier alpha value is 1.34. The first-order valence-electron chi connectivity index (χ1n) is 9.35. The molecule has 23 heavy (non-hydrogen) atoms. The second kappa shape index (κ2) is 12.7. The average Bonchev–Trinajstić information content (AvgIpc) is 2.58. The fourth-order valence-corrected chi connectivity index (χ4v) is 4.71. The lowest BCUT2D eigenvalue weighted by molar-refractivity contribution is -0.297. The summed E-state index contributed by atoms with van der Waals surface area (Å²) in [5.41, 5.74) is 0. The minimum atomic E-state index is -0.0341. The van der Waals surface area contributed by atoms with Gasteiger partial charge in [0.05, 0.1) is 0 Å². The van der Waals surface area contributed by atoms with Gasteiger partial charge in [0, 0.05) is 25.0 Å². The van der Waals surface area contributed by atoms with Crippen molar-refractivity contribution < 1.29 is 14.2 Å². The Morgan fingerprint density at radius 3 is 1.65 bits per heavy atom. The van der Waals surface area contributed by atoms with Crippen LogP contribution in [0.15, 0.2) is 0 Å². The quantitative estimate of drug-likeness (QED) is 0.198. The van der Waals surface area contributed by atoms with Crippen LogP contribution in [0.3, 0.4) is 0 Å². The lowest BCUT2D eigenvalue weighted by Crippen LogP contribution is -2.41. The first kappa shape index (κ1) is 20.6. The summed E-state index contributed by atoms with van der Waals surface area (Å²) >= 11 is 4.93. The van der Waals surface area contributed by atoms with Crippen LogP contribution in [0.25, 0.3) is 0 Å². The Morgan fingerprint density at radius 2 is 1.22 bits per heavy atom. The summed E-state index contributed by atoms with van der Waals surface area (Å²) in [5, 5.41) is 0. The first-order valence-corrected chi connectivity index (χ1v) is 12.4. The molecule has 4 atom stereocenters. The van der Waals surface area contributed by atoms with Gasteiger partial charge >= 0.3 is 0 Å². The molecule has 2 aliphatic rings. The van der Waals surface area contributed by atoms with Gasteiger partial charge in [0.1, 0.15) is 0 Å². The van der Waals surface area contributed by atoms with Gasteiger partial charge in [-0.3, -0.25) is 0 Å². The highest BCUT2D eigenvalue weighted by atomic mass is 127. The van der Waals surface area contributed by atoms with E-state index in [1.54, 1.807) is 0 Å². The van der Waals surface area contributed by atoms with Crippen LogP contribution in [0.4, 0.5) is 0 Å². The molecular weight excluding hydrogens is 518 g/mol. The van der Waals surface area contributed by atoms with Crippen molar-refractivity contribution in [2.24, 2.45) is 11.8 Å². The highest BCUT2D eigenvalue weighted by molar-refractivity contribution is 14.1. The molecule has 0 N–H and O–H groups in total. The third-order valence-electron chi connectivity index (χ3n) is 4.96. The Labute approximate surface area is 169 Å². The molecule has 3 nitrogen and oxygen atoms in total. The zero-order valence-electron chi connectivity index (χ0n) is 14.2. The van der Waals surface area contributed by atoms with Gasteiger partial charge in [0.25, 0.3) is 0 Å². The molecule has 0 aliphatic carbocycles. The molecule has 0 aromatic rings. The SMILES string of the molecule is ICCCCC1CCCOC1OC1OCCCC1CCCCI. The van der Waals surface area contributed by atoms with Gasteiger partial charge in [-0.05, 0) is 60.2 Å². The van der Waals surface area contributed by atoms with Gasteiger partial charge in [-0.15, -0.1) is 0 Å². The predicted octanol–water partition coefficient (Wildman–Crippen LogP) is 5.72. The van der Waals surface area contributed by atoms with E-state index in [0.717, 1.165) is 13.2 Å². The molecule has 0 aromatic carbocycles. The summed E-state index contributed by atoms with van der Waals surface area (Å²) in [5.74, 6) is 1.12. The van der Waals surface area contributed by atoms with Gasteiger partial charge in [-0.1, -0.05) is 58.0 Å². The minimum Gasteiger partial charge on any atom is -0.352 e. The molecule has 4 unspecified atom stereocenters. The Bertz CT molecular complexity index is 276. The van der Waals surface area contributed by atoms with Gasteiger partial charge in [-0.25, -0.2) is 0 Å². The molecule has 0 aromatic heterocycles. The van der Waals surface area contributed by atoms with E-state index < -0.39 is 0 Å². The van der Waals surface area contributed by atoms with Crippen LogP contribution in [0, 0.1) is 11.8 Å². The number of hydrogen-bond donors (Lipinski definition) is 0. The molecule has 0 bridgehead atoms. The lowest BCUT2D eigenvalue weighted by Gasteiger charge is -2.38. The molecule has 0 saturated carbocycles. The van der Waals surface area contributed by atoms with E-state index in [0.29, 0.717) is 11.8 Å². The lowest BCUT2D eigenvalue weighted by atomic mass is 9.93. The third kappa shape index (κ3) is 7.62. The van der Waals surface area contributed by atoms with Crippen LogP contribution in [-0.2, 0) is 14.2 Å². The van der Waals surface area contributed by atoms with Crippen molar-refractivity contribution in [2.45, 2.75) is 76.8 Å². The molecule has 0 amide bonds. The van der Waals surface area contributed by atoms with Gasteiger partial charge < -0.3 is 14.2 Å². The Balaban J connectivity index is 1.82.